The number of rotatable bonds is 4. The molecule has 0 spiro atoms. The van der Waals surface area contributed by atoms with Gasteiger partial charge in [-0.05, 0) is 42.2 Å². The van der Waals surface area contributed by atoms with Gasteiger partial charge in [0.15, 0.2) is 0 Å². The summed E-state index contributed by atoms with van der Waals surface area (Å²) in [5.41, 5.74) is 3.89. The van der Waals surface area contributed by atoms with Crippen LogP contribution in [0.15, 0.2) is 77.9 Å². The van der Waals surface area contributed by atoms with Crippen LogP contribution in [-0.2, 0) is 6.54 Å². The van der Waals surface area contributed by atoms with Gasteiger partial charge in [0.2, 0.25) is 0 Å². The fourth-order valence-electron chi connectivity index (χ4n) is 4.44. The molecular weight excluding hydrogens is 379 g/mol. The van der Waals surface area contributed by atoms with Crippen molar-refractivity contribution in [2.24, 2.45) is 0 Å². The number of para-hydroxylation sites is 2. The highest BCUT2D eigenvalue weighted by Gasteiger charge is 2.25. The van der Waals surface area contributed by atoms with Gasteiger partial charge in [-0.1, -0.05) is 46.9 Å². The largest absolute Gasteiger partial charge is 0.357 e. The molecule has 5 rings (SSSR count). The third-order valence-corrected chi connectivity index (χ3v) is 5.96. The van der Waals surface area contributed by atoms with E-state index in [1.54, 1.807) is 16.7 Å². The second-order valence-corrected chi connectivity index (χ2v) is 7.88. The Morgan fingerprint density at radius 3 is 2.37 bits per heavy atom. The predicted molar refractivity (Wildman–Crippen MR) is 116 cm³/mol. The summed E-state index contributed by atoms with van der Waals surface area (Å²) in [5.74, 6) is 0. The summed E-state index contributed by atoms with van der Waals surface area (Å²) in [4.78, 5) is 19.5. The molecule has 5 nitrogen and oxygen atoms in total. The fourth-order valence-corrected chi connectivity index (χ4v) is 4.44. The molecule has 2 aromatic heterocycles. The Hall–Kier alpha value is -3.25. The van der Waals surface area contributed by atoms with Crippen LogP contribution in [0.25, 0.3) is 22.2 Å². The van der Waals surface area contributed by atoms with Crippen LogP contribution in [0.5, 0.6) is 0 Å². The lowest BCUT2D eigenvalue weighted by atomic mass is 10.0. The van der Waals surface area contributed by atoms with Gasteiger partial charge >= 0.3 is 5.69 Å². The minimum atomic E-state index is -0.575. The van der Waals surface area contributed by atoms with Crippen molar-refractivity contribution < 1.29 is 4.48 Å². The maximum absolute atomic E-state index is 14.3. The van der Waals surface area contributed by atoms with Gasteiger partial charge in [-0.3, -0.25) is 14.5 Å². The molecular formula is C24H23FN4O. The Morgan fingerprint density at radius 1 is 0.900 bits per heavy atom. The lowest BCUT2D eigenvalue weighted by Crippen LogP contribution is -2.37. The van der Waals surface area contributed by atoms with Crippen LogP contribution in [0, 0.1) is 0 Å². The zero-order valence-corrected chi connectivity index (χ0v) is 16.6. The molecule has 0 bridgehead atoms. The number of hydrogen-bond acceptors (Lipinski definition) is 3. The standard InChI is InChI=1S/C24H23FN4O/c25-29-23-9-5-4-8-22(23)28(24(29)30)21-10-12-27(13-11-21)17-18-14-20(16-26-15-18)19-6-2-1-3-7-19/h1-9,14-16,21H,10-13,17H2. The molecule has 3 heterocycles. The average molecular weight is 402 g/mol. The molecule has 6 heteroatoms. The van der Waals surface area contributed by atoms with Crippen LogP contribution in [0.3, 0.4) is 0 Å². The van der Waals surface area contributed by atoms with Crippen LogP contribution in [-0.4, -0.2) is 32.3 Å². The van der Waals surface area contributed by atoms with Gasteiger partial charge in [-0.15, -0.1) is 4.79 Å². The summed E-state index contributed by atoms with van der Waals surface area (Å²) in [6.07, 6.45) is 5.45. The molecule has 30 heavy (non-hydrogen) atoms. The van der Waals surface area contributed by atoms with Crippen molar-refractivity contribution in [1.82, 2.24) is 19.2 Å². The quantitative estimate of drug-likeness (QED) is 0.507. The normalized spacial score (nSPS) is 15.6. The Bertz CT molecular complexity index is 1220. The van der Waals surface area contributed by atoms with E-state index in [4.69, 9.17) is 0 Å². The molecule has 0 unspecified atom stereocenters. The van der Waals surface area contributed by atoms with E-state index in [1.807, 2.05) is 42.7 Å². The van der Waals surface area contributed by atoms with Gasteiger partial charge < -0.3 is 0 Å². The van der Waals surface area contributed by atoms with E-state index in [2.05, 4.69) is 28.1 Å². The Balaban J connectivity index is 1.30. The van der Waals surface area contributed by atoms with Crippen LogP contribution < -0.4 is 5.69 Å². The van der Waals surface area contributed by atoms with Gasteiger partial charge in [0.1, 0.15) is 5.52 Å². The van der Waals surface area contributed by atoms with Gasteiger partial charge in [0.25, 0.3) is 0 Å². The fraction of sp³-hybridized carbons (Fsp3) is 0.250. The number of benzene rings is 2. The number of hydrogen-bond donors (Lipinski definition) is 0. The van der Waals surface area contributed by atoms with E-state index < -0.39 is 5.69 Å². The van der Waals surface area contributed by atoms with Crippen LogP contribution in [0.1, 0.15) is 24.4 Å². The van der Waals surface area contributed by atoms with Crippen molar-refractivity contribution in [1.29, 1.82) is 0 Å². The monoisotopic (exact) mass is 402 g/mol. The first-order chi connectivity index (χ1) is 14.7. The van der Waals surface area contributed by atoms with Gasteiger partial charge in [0, 0.05) is 43.6 Å². The molecule has 0 amide bonds. The van der Waals surface area contributed by atoms with E-state index in [0.717, 1.165) is 43.6 Å². The summed E-state index contributed by atoms with van der Waals surface area (Å²) in [5, 5.41) is 0. The maximum Gasteiger partial charge on any atom is 0.357 e. The SMILES string of the molecule is O=c1n(F)c2ccccc2n1C1CCN(Cc2cncc(-c3ccccc3)c2)CC1. The van der Waals surface area contributed by atoms with Crippen molar-refractivity contribution in [3.63, 3.8) is 0 Å². The van der Waals surface area contributed by atoms with Crippen molar-refractivity contribution in [2.45, 2.75) is 25.4 Å². The summed E-state index contributed by atoms with van der Waals surface area (Å²) in [7, 11) is 0. The first kappa shape index (κ1) is 18.8. The number of halogens is 1. The summed E-state index contributed by atoms with van der Waals surface area (Å²) in [6.45, 7) is 2.54. The molecule has 0 aliphatic carbocycles. The number of imidazole rings is 1. The van der Waals surface area contributed by atoms with E-state index >= 15 is 0 Å². The Kier molecular flexibility index (Phi) is 4.93. The number of likely N-dealkylation sites (tertiary alicyclic amines) is 1. The lowest BCUT2D eigenvalue weighted by Gasteiger charge is -2.32. The summed E-state index contributed by atoms with van der Waals surface area (Å²) < 4.78 is 15.9. The molecule has 2 aromatic carbocycles. The van der Waals surface area contributed by atoms with E-state index in [9.17, 15) is 9.28 Å². The second kappa shape index (κ2) is 7.88. The first-order valence-corrected chi connectivity index (χ1v) is 10.3. The highest BCUT2D eigenvalue weighted by Crippen LogP contribution is 2.27. The zero-order chi connectivity index (χ0) is 20.5. The number of aromatic nitrogens is 3. The van der Waals surface area contributed by atoms with Crippen molar-refractivity contribution in [3.8, 4) is 11.1 Å². The molecule has 0 atom stereocenters. The first-order valence-electron chi connectivity index (χ1n) is 10.3. The predicted octanol–water partition coefficient (Wildman–Crippen LogP) is 4.43. The molecule has 0 radical (unpaired) electrons. The Labute approximate surface area is 174 Å². The van der Waals surface area contributed by atoms with Crippen molar-refractivity contribution in [3.05, 3.63) is 89.1 Å². The molecule has 152 valence electrons. The van der Waals surface area contributed by atoms with Gasteiger partial charge in [-0.25, -0.2) is 4.79 Å². The number of nitrogens with zero attached hydrogens (tertiary/aromatic N) is 4. The molecule has 1 saturated heterocycles. The van der Waals surface area contributed by atoms with Crippen molar-refractivity contribution in [2.75, 3.05) is 13.1 Å². The molecule has 0 N–H and O–H groups in total. The minimum absolute atomic E-state index is 0.0180. The lowest BCUT2D eigenvalue weighted by molar-refractivity contribution is 0.177. The maximum atomic E-state index is 14.3. The highest BCUT2D eigenvalue weighted by atomic mass is 19.2. The molecule has 1 fully saturated rings. The smallest absolute Gasteiger partial charge is 0.299 e. The van der Waals surface area contributed by atoms with Crippen LogP contribution in [0.4, 0.5) is 4.48 Å². The Morgan fingerprint density at radius 2 is 1.60 bits per heavy atom. The summed E-state index contributed by atoms with van der Waals surface area (Å²) in [6, 6.07) is 19.5. The van der Waals surface area contributed by atoms with Crippen molar-refractivity contribution >= 4 is 11.0 Å². The highest BCUT2D eigenvalue weighted by molar-refractivity contribution is 5.75. The molecule has 0 saturated carbocycles. The summed E-state index contributed by atoms with van der Waals surface area (Å²) >= 11 is 0. The number of pyridine rings is 1. The van der Waals surface area contributed by atoms with Crippen LogP contribution in [0.2, 0.25) is 0 Å². The van der Waals surface area contributed by atoms with E-state index in [-0.39, 0.29) is 10.8 Å². The third kappa shape index (κ3) is 3.44. The van der Waals surface area contributed by atoms with E-state index in [0.29, 0.717) is 11.0 Å². The average Bonchev–Trinajstić information content (AvgIpc) is 3.06. The molecule has 1 aliphatic rings. The molecule has 1 aliphatic heterocycles. The van der Waals surface area contributed by atoms with Crippen LogP contribution >= 0.6 is 0 Å². The number of piperidine rings is 1. The minimum Gasteiger partial charge on any atom is -0.299 e. The second-order valence-electron chi connectivity index (χ2n) is 7.88. The molecule has 4 aromatic rings. The van der Waals surface area contributed by atoms with Gasteiger partial charge in [-0.2, -0.15) is 0 Å². The van der Waals surface area contributed by atoms with E-state index in [1.165, 1.54) is 5.56 Å². The number of fused-ring (bicyclic) bond motifs is 1. The van der Waals surface area contributed by atoms with Gasteiger partial charge in [0.05, 0.1) is 5.52 Å². The topological polar surface area (TPSA) is 43.1 Å². The zero-order valence-electron chi connectivity index (χ0n) is 16.6. The third-order valence-electron chi connectivity index (χ3n) is 5.96.